The molecule has 1 fully saturated rings. The molecule has 2 aliphatic rings. The van der Waals surface area contributed by atoms with Crippen molar-refractivity contribution in [2.75, 3.05) is 26.3 Å². The molecule has 1 aliphatic heterocycles. The summed E-state index contributed by atoms with van der Waals surface area (Å²) in [6.45, 7) is 6.65. The predicted octanol–water partition coefficient (Wildman–Crippen LogP) is 2.34. The molecule has 142 valence electrons. The van der Waals surface area contributed by atoms with Crippen molar-refractivity contribution < 1.29 is 9.53 Å². The number of aryl methyl sites for hydroxylation is 1. The van der Waals surface area contributed by atoms with Crippen LogP contribution < -0.4 is 5.32 Å². The van der Waals surface area contributed by atoms with E-state index in [1.54, 1.807) is 6.20 Å². The van der Waals surface area contributed by atoms with Gasteiger partial charge in [0.05, 0.1) is 18.9 Å². The summed E-state index contributed by atoms with van der Waals surface area (Å²) in [6.07, 6.45) is 6.91. The van der Waals surface area contributed by atoms with Gasteiger partial charge < -0.3 is 15.0 Å². The number of nitrogens with zero attached hydrogens (tertiary/aromatic N) is 4. The van der Waals surface area contributed by atoms with Crippen LogP contribution in [0.5, 0.6) is 0 Å². The molecule has 2 atom stereocenters. The quantitative estimate of drug-likeness (QED) is 0.845. The fourth-order valence-electron chi connectivity index (χ4n) is 3.93. The van der Waals surface area contributed by atoms with E-state index < -0.39 is 0 Å². The third kappa shape index (κ3) is 3.60. The molecule has 1 N–H and O–H groups in total. The molecule has 4 rings (SSSR count). The van der Waals surface area contributed by atoms with Gasteiger partial charge in [-0.05, 0) is 32.4 Å². The minimum Gasteiger partial charge on any atom is -0.378 e. The molecular formula is C20H25N5O2. The van der Waals surface area contributed by atoms with E-state index in [9.17, 15) is 4.79 Å². The first kappa shape index (κ1) is 17.7. The lowest BCUT2D eigenvalue weighted by Crippen LogP contribution is -2.48. The van der Waals surface area contributed by atoms with Crippen LogP contribution in [-0.4, -0.2) is 58.0 Å². The van der Waals surface area contributed by atoms with E-state index in [4.69, 9.17) is 9.84 Å². The van der Waals surface area contributed by atoms with Crippen molar-refractivity contribution in [3.63, 3.8) is 0 Å². The monoisotopic (exact) mass is 367 g/mol. The maximum absolute atomic E-state index is 12.4. The second-order valence-corrected chi connectivity index (χ2v) is 7.07. The van der Waals surface area contributed by atoms with E-state index in [0.29, 0.717) is 26.3 Å². The first-order valence-corrected chi connectivity index (χ1v) is 9.42. The zero-order chi connectivity index (χ0) is 18.8. The van der Waals surface area contributed by atoms with Crippen LogP contribution in [0.25, 0.3) is 5.82 Å². The number of ether oxygens (including phenoxy) is 1. The van der Waals surface area contributed by atoms with Crippen LogP contribution in [-0.2, 0) is 4.74 Å². The number of carbonyl (C=O) groups excluding carboxylic acids is 1. The van der Waals surface area contributed by atoms with Crippen molar-refractivity contribution in [3.05, 3.63) is 53.5 Å². The van der Waals surface area contributed by atoms with Gasteiger partial charge >= 0.3 is 6.03 Å². The van der Waals surface area contributed by atoms with Crippen LogP contribution in [0.3, 0.4) is 0 Å². The largest absolute Gasteiger partial charge is 0.378 e. The van der Waals surface area contributed by atoms with E-state index in [-0.39, 0.29) is 18.0 Å². The summed E-state index contributed by atoms with van der Waals surface area (Å²) in [6, 6.07) is 5.86. The number of hydrogen-bond donors (Lipinski definition) is 1. The summed E-state index contributed by atoms with van der Waals surface area (Å²) in [7, 11) is 0. The van der Waals surface area contributed by atoms with Gasteiger partial charge in [0.15, 0.2) is 5.82 Å². The molecule has 1 saturated heterocycles. The zero-order valence-corrected chi connectivity index (χ0v) is 15.8. The molecule has 0 unspecified atom stereocenters. The van der Waals surface area contributed by atoms with E-state index >= 15 is 0 Å². The normalized spacial score (nSPS) is 22.2. The van der Waals surface area contributed by atoms with Gasteiger partial charge in [-0.2, -0.15) is 5.10 Å². The van der Waals surface area contributed by atoms with Crippen LogP contribution in [0.15, 0.2) is 36.5 Å². The SMILES string of the molecule is Cc1nn(-c2ccccn2)c(C)c1[C@@H]1C=C[C@@H](NC(=O)N2CCOCC2)C1. The number of amides is 2. The smallest absolute Gasteiger partial charge is 0.318 e. The highest BCUT2D eigenvalue weighted by atomic mass is 16.5. The van der Waals surface area contributed by atoms with Crippen LogP contribution in [0.2, 0.25) is 0 Å². The standard InChI is InChI=1S/C20H25N5O2/c1-14-19(15(2)25(23-14)18-5-3-4-8-21-18)16-6-7-17(13-16)22-20(26)24-9-11-27-12-10-24/h3-8,16-17H,9-13H2,1-2H3,(H,22,26)/t16-,17-/m1/s1. The Morgan fingerprint density at radius 3 is 2.78 bits per heavy atom. The van der Waals surface area contributed by atoms with E-state index in [1.165, 1.54) is 5.56 Å². The van der Waals surface area contributed by atoms with Gasteiger partial charge in [0, 0.05) is 42.5 Å². The second-order valence-electron chi connectivity index (χ2n) is 7.07. The van der Waals surface area contributed by atoms with E-state index in [2.05, 4.69) is 29.4 Å². The summed E-state index contributed by atoms with van der Waals surface area (Å²) in [5.74, 6) is 1.07. The summed E-state index contributed by atoms with van der Waals surface area (Å²) < 4.78 is 7.21. The molecule has 0 aromatic carbocycles. The molecule has 3 heterocycles. The van der Waals surface area contributed by atoms with Crippen molar-refractivity contribution in [2.24, 2.45) is 0 Å². The molecule has 0 radical (unpaired) electrons. The summed E-state index contributed by atoms with van der Waals surface area (Å²) in [5.41, 5.74) is 3.33. The van der Waals surface area contributed by atoms with Crippen LogP contribution in [0, 0.1) is 13.8 Å². The number of aromatic nitrogens is 3. The third-order valence-electron chi connectivity index (χ3n) is 5.28. The second kappa shape index (κ2) is 7.52. The van der Waals surface area contributed by atoms with Gasteiger partial charge in [-0.1, -0.05) is 18.2 Å². The lowest BCUT2D eigenvalue weighted by atomic mass is 9.96. The molecule has 7 nitrogen and oxygen atoms in total. The maximum Gasteiger partial charge on any atom is 0.318 e. The molecule has 1 aliphatic carbocycles. The predicted molar refractivity (Wildman–Crippen MR) is 102 cm³/mol. The minimum atomic E-state index is -0.00813. The Morgan fingerprint density at radius 2 is 2.04 bits per heavy atom. The lowest BCUT2D eigenvalue weighted by Gasteiger charge is -2.28. The van der Waals surface area contributed by atoms with Gasteiger partial charge in [-0.15, -0.1) is 0 Å². The van der Waals surface area contributed by atoms with E-state index in [1.807, 2.05) is 34.7 Å². The highest BCUT2D eigenvalue weighted by Crippen LogP contribution is 2.33. The van der Waals surface area contributed by atoms with Crippen molar-refractivity contribution in [1.29, 1.82) is 0 Å². The van der Waals surface area contributed by atoms with Crippen molar-refractivity contribution >= 4 is 6.03 Å². The summed E-state index contributed by atoms with van der Waals surface area (Å²) in [4.78, 5) is 18.6. The molecule has 2 amide bonds. The number of pyridine rings is 1. The average Bonchev–Trinajstić information content (AvgIpc) is 3.26. The maximum atomic E-state index is 12.4. The Balaban J connectivity index is 1.46. The Kier molecular flexibility index (Phi) is 4.94. The Morgan fingerprint density at radius 1 is 1.22 bits per heavy atom. The van der Waals surface area contributed by atoms with Crippen LogP contribution >= 0.6 is 0 Å². The fraction of sp³-hybridized carbons (Fsp3) is 0.450. The first-order valence-electron chi connectivity index (χ1n) is 9.42. The topological polar surface area (TPSA) is 72.3 Å². The number of carbonyl (C=O) groups is 1. The fourth-order valence-corrected chi connectivity index (χ4v) is 3.93. The molecule has 27 heavy (non-hydrogen) atoms. The minimum absolute atomic E-state index is 0.00813. The molecule has 0 saturated carbocycles. The number of morpholine rings is 1. The Hall–Kier alpha value is -2.67. The van der Waals surface area contributed by atoms with Crippen LogP contribution in [0.4, 0.5) is 4.79 Å². The van der Waals surface area contributed by atoms with E-state index in [0.717, 1.165) is 23.6 Å². The van der Waals surface area contributed by atoms with Crippen molar-refractivity contribution in [2.45, 2.75) is 32.2 Å². The molecule has 2 aromatic heterocycles. The zero-order valence-electron chi connectivity index (χ0n) is 15.8. The molecule has 0 spiro atoms. The van der Waals surface area contributed by atoms with Gasteiger partial charge in [0.1, 0.15) is 0 Å². The lowest BCUT2D eigenvalue weighted by molar-refractivity contribution is 0.0528. The molecule has 0 bridgehead atoms. The first-order chi connectivity index (χ1) is 13.1. The van der Waals surface area contributed by atoms with Gasteiger partial charge in [-0.3, -0.25) is 0 Å². The molecule has 7 heteroatoms. The molecular weight excluding hydrogens is 342 g/mol. The number of nitrogens with one attached hydrogen (secondary N) is 1. The Labute approximate surface area is 159 Å². The van der Waals surface area contributed by atoms with Crippen molar-refractivity contribution in [1.82, 2.24) is 25.0 Å². The number of urea groups is 1. The van der Waals surface area contributed by atoms with Gasteiger partial charge in [-0.25, -0.2) is 14.5 Å². The van der Waals surface area contributed by atoms with Gasteiger partial charge in [0.25, 0.3) is 0 Å². The summed E-state index contributed by atoms with van der Waals surface area (Å²) >= 11 is 0. The Bertz CT molecular complexity index is 840. The third-order valence-corrected chi connectivity index (χ3v) is 5.28. The van der Waals surface area contributed by atoms with Crippen molar-refractivity contribution in [3.8, 4) is 5.82 Å². The van der Waals surface area contributed by atoms with Gasteiger partial charge in [0.2, 0.25) is 0 Å². The molecule has 2 aromatic rings. The number of rotatable bonds is 3. The highest BCUT2D eigenvalue weighted by molar-refractivity contribution is 5.75. The van der Waals surface area contributed by atoms with Crippen LogP contribution in [0.1, 0.15) is 29.3 Å². The highest BCUT2D eigenvalue weighted by Gasteiger charge is 2.28. The average molecular weight is 367 g/mol. The summed E-state index contributed by atoms with van der Waals surface area (Å²) in [5, 5.41) is 7.83. The number of hydrogen-bond acceptors (Lipinski definition) is 4. The number of allylic oxidation sites excluding steroid dienone is 1.